The fraction of sp³-hybridized carbons (Fsp3) is 0.500. The zero-order chi connectivity index (χ0) is 11.7. The van der Waals surface area contributed by atoms with E-state index in [1.54, 1.807) is 0 Å². The van der Waals surface area contributed by atoms with Gasteiger partial charge in [0.15, 0.2) is 5.82 Å². The van der Waals surface area contributed by atoms with Crippen molar-refractivity contribution < 1.29 is 9.32 Å². The highest BCUT2D eigenvalue weighted by Crippen LogP contribution is 2.29. The number of aromatic nitrogens is 5. The van der Waals surface area contributed by atoms with Crippen molar-refractivity contribution in [3.8, 4) is 11.6 Å². The maximum absolute atomic E-state index is 11.7. The van der Waals surface area contributed by atoms with E-state index in [-0.39, 0.29) is 11.7 Å². The minimum atomic E-state index is -0.243. The number of aromatic amines is 1. The highest BCUT2D eigenvalue weighted by Gasteiger charge is 2.29. The molecule has 0 amide bonds. The van der Waals surface area contributed by atoms with Crippen molar-refractivity contribution in [1.82, 2.24) is 25.3 Å². The van der Waals surface area contributed by atoms with E-state index in [2.05, 4.69) is 25.3 Å². The number of carbonyl (C=O) groups is 1. The van der Waals surface area contributed by atoms with Crippen molar-refractivity contribution >= 4 is 5.78 Å². The van der Waals surface area contributed by atoms with Gasteiger partial charge in [0.1, 0.15) is 12.1 Å². The fourth-order valence-corrected chi connectivity index (χ4v) is 2.03. The molecule has 1 unspecified atom stereocenters. The van der Waals surface area contributed by atoms with Crippen LogP contribution >= 0.6 is 0 Å². The van der Waals surface area contributed by atoms with Gasteiger partial charge in [0.2, 0.25) is 11.7 Å². The van der Waals surface area contributed by atoms with Crippen LogP contribution in [0.3, 0.4) is 0 Å². The average molecular weight is 233 g/mol. The molecule has 0 aromatic carbocycles. The normalized spacial score (nSPS) is 20.7. The lowest BCUT2D eigenvalue weighted by Gasteiger charge is -2.16. The Morgan fingerprint density at radius 3 is 3.12 bits per heavy atom. The third-order valence-corrected chi connectivity index (χ3v) is 2.92. The van der Waals surface area contributed by atoms with E-state index in [1.165, 1.54) is 6.33 Å². The first-order valence-electron chi connectivity index (χ1n) is 5.56. The van der Waals surface area contributed by atoms with Gasteiger partial charge in [-0.1, -0.05) is 11.6 Å². The lowest BCUT2D eigenvalue weighted by atomic mass is 9.88. The maximum atomic E-state index is 11.7. The number of rotatable bonds is 2. The quantitative estimate of drug-likeness (QED) is 0.833. The largest absolute Gasteiger partial charge is 0.338 e. The Morgan fingerprint density at radius 2 is 2.35 bits per heavy atom. The summed E-state index contributed by atoms with van der Waals surface area (Å²) in [6.45, 7) is 0. The first kappa shape index (κ1) is 10.1. The van der Waals surface area contributed by atoms with Gasteiger partial charge >= 0.3 is 0 Å². The van der Waals surface area contributed by atoms with Crippen LogP contribution in [0, 0.1) is 0 Å². The number of nitrogens with one attached hydrogen (secondary N) is 1. The van der Waals surface area contributed by atoms with Gasteiger partial charge < -0.3 is 4.52 Å². The van der Waals surface area contributed by atoms with E-state index in [0.717, 1.165) is 19.3 Å². The number of hydrogen-bond donors (Lipinski definition) is 1. The van der Waals surface area contributed by atoms with Crippen molar-refractivity contribution in [1.29, 1.82) is 0 Å². The van der Waals surface area contributed by atoms with E-state index in [9.17, 15) is 4.79 Å². The molecule has 3 rings (SSSR count). The molecule has 88 valence electrons. The topological polar surface area (TPSA) is 97.6 Å². The first-order valence-corrected chi connectivity index (χ1v) is 5.56. The molecule has 0 aliphatic heterocycles. The van der Waals surface area contributed by atoms with Crippen LogP contribution in [0.25, 0.3) is 11.6 Å². The van der Waals surface area contributed by atoms with Crippen molar-refractivity contribution in [3.05, 3.63) is 12.2 Å². The van der Waals surface area contributed by atoms with E-state index < -0.39 is 0 Å². The van der Waals surface area contributed by atoms with Crippen LogP contribution in [-0.4, -0.2) is 31.1 Å². The predicted octanol–water partition coefficient (Wildman–Crippen LogP) is 1.08. The van der Waals surface area contributed by atoms with Crippen LogP contribution in [-0.2, 0) is 4.79 Å². The zero-order valence-electron chi connectivity index (χ0n) is 9.09. The average Bonchev–Trinajstić information content (AvgIpc) is 3.00. The maximum Gasteiger partial charge on any atom is 0.239 e. The SMILES string of the molecule is O=C1CCCCC1c1nc(-c2ncn[nH]2)no1. The number of carbonyl (C=O) groups excluding carboxylic acids is 1. The summed E-state index contributed by atoms with van der Waals surface area (Å²) in [7, 11) is 0. The Hall–Kier alpha value is -2.05. The smallest absolute Gasteiger partial charge is 0.239 e. The molecule has 2 heterocycles. The summed E-state index contributed by atoms with van der Waals surface area (Å²) in [5.41, 5.74) is 0. The molecule has 0 saturated heterocycles. The molecular formula is C10H11N5O2. The lowest BCUT2D eigenvalue weighted by molar-refractivity contribution is -0.122. The molecule has 1 N–H and O–H groups in total. The molecule has 1 atom stereocenters. The van der Waals surface area contributed by atoms with Crippen LogP contribution in [0.2, 0.25) is 0 Å². The molecule has 2 aromatic rings. The van der Waals surface area contributed by atoms with Crippen molar-refractivity contribution in [2.45, 2.75) is 31.6 Å². The van der Waals surface area contributed by atoms with E-state index in [0.29, 0.717) is 24.0 Å². The van der Waals surface area contributed by atoms with E-state index in [1.807, 2.05) is 0 Å². The van der Waals surface area contributed by atoms with Gasteiger partial charge in [0.05, 0.1) is 5.92 Å². The molecule has 0 bridgehead atoms. The molecule has 1 fully saturated rings. The van der Waals surface area contributed by atoms with Crippen LogP contribution in [0.1, 0.15) is 37.5 Å². The minimum absolute atomic E-state index is 0.184. The Kier molecular flexibility index (Phi) is 2.43. The molecular weight excluding hydrogens is 222 g/mol. The molecule has 2 aromatic heterocycles. The highest BCUT2D eigenvalue weighted by atomic mass is 16.5. The molecule has 1 saturated carbocycles. The van der Waals surface area contributed by atoms with Gasteiger partial charge in [-0.15, -0.1) is 0 Å². The van der Waals surface area contributed by atoms with Gasteiger partial charge in [-0.2, -0.15) is 10.1 Å². The minimum Gasteiger partial charge on any atom is -0.338 e. The number of hydrogen-bond acceptors (Lipinski definition) is 6. The van der Waals surface area contributed by atoms with E-state index >= 15 is 0 Å². The molecule has 0 spiro atoms. The number of nitrogens with zero attached hydrogens (tertiary/aromatic N) is 4. The molecule has 0 radical (unpaired) electrons. The van der Waals surface area contributed by atoms with Crippen molar-refractivity contribution in [2.24, 2.45) is 0 Å². The van der Waals surface area contributed by atoms with Crippen LogP contribution < -0.4 is 0 Å². The van der Waals surface area contributed by atoms with Crippen LogP contribution in [0.15, 0.2) is 10.9 Å². The van der Waals surface area contributed by atoms with Gasteiger partial charge in [0.25, 0.3) is 0 Å². The van der Waals surface area contributed by atoms with Gasteiger partial charge in [-0.05, 0) is 12.8 Å². The summed E-state index contributed by atoms with van der Waals surface area (Å²) in [4.78, 5) is 19.8. The number of ketones is 1. The van der Waals surface area contributed by atoms with Crippen LogP contribution in [0.5, 0.6) is 0 Å². The summed E-state index contributed by atoms with van der Waals surface area (Å²) in [6, 6.07) is 0. The monoisotopic (exact) mass is 233 g/mol. The zero-order valence-corrected chi connectivity index (χ0v) is 9.09. The summed E-state index contributed by atoms with van der Waals surface area (Å²) in [5, 5.41) is 10.2. The highest BCUT2D eigenvalue weighted by molar-refractivity contribution is 5.85. The third kappa shape index (κ3) is 1.83. The molecule has 1 aliphatic rings. The Bertz CT molecular complexity index is 519. The Balaban J connectivity index is 1.87. The second kappa shape index (κ2) is 4.08. The lowest BCUT2D eigenvalue weighted by Crippen LogP contribution is -2.17. The first-order chi connectivity index (χ1) is 8.34. The summed E-state index contributed by atoms with van der Waals surface area (Å²) >= 11 is 0. The van der Waals surface area contributed by atoms with Gasteiger partial charge in [0, 0.05) is 6.42 Å². The number of Topliss-reactive ketones (excluding diaryl/α,β-unsaturated/α-hetero) is 1. The molecule has 7 heteroatoms. The number of H-pyrrole nitrogens is 1. The van der Waals surface area contributed by atoms with Crippen molar-refractivity contribution in [2.75, 3.05) is 0 Å². The standard InChI is InChI=1S/C10H11N5O2/c16-7-4-2-1-3-6(7)10-13-9(15-17-10)8-11-5-12-14-8/h5-6H,1-4H2,(H,11,12,14). The van der Waals surface area contributed by atoms with E-state index in [4.69, 9.17) is 4.52 Å². The summed E-state index contributed by atoms with van der Waals surface area (Å²) < 4.78 is 5.13. The molecule has 7 nitrogen and oxygen atoms in total. The predicted molar refractivity (Wildman–Crippen MR) is 55.9 cm³/mol. The Morgan fingerprint density at radius 1 is 1.41 bits per heavy atom. The van der Waals surface area contributed by atoms with Gasteiger partial charge in [-0.25, -0.2) is 4.98 Å². The Labute approximate surface area is 96.6 Å². The molecule has 17 heavy (non-hydrogen) atoms. The summed E-state index contributed by atoms with van der Waals surface area (Å²) in [5.74, 6) is 1.12. The van der Waals surface area contributed by atoms with Crippen molar-refractivity contribution in [3.63, 3.8) is 0 Å². The third-order valence-electron chi connectivity index (χ3n) is 2.92. The molecule has 1 aliphatic carbocycles. The van der Waals surface area contributed by atoms with Gasteiger partial charge in [-0.3, -0.25) is 9.89 Å². The van der Waals surface area contributed by atoms with Crippen LogP contribution in [0.4, 0.5) is 0 Å². The summed E-state index contributed by atoms with van der Waals surface area (Å²) in [6.07, 6.45) is 4.74. The second-order valence-corrected chi connectivity index (χ2v) is 4.05. The second-order valence-electron chi connectivity index (χ2n) is 4.05. The fourth-order valence-electron chi connectivity index (χ4n) is 2.03.